The van der Waals surface area contributed by atoms with Crippen LogP contribution < -0.4 is 4.80 Å². The Hall–Kier alpha value is -2.83. The number of thiophene rings is 1. The van der Waals surface area contributed by atoms with Crippen molar-refractivity contribution in [3.8, 4) is 10.6 Å². The number of rotatable bonds is 4. The van der Waals surface area contributed by atoms with Crippen LogP contribution in [0.4, 0.5) is 5.69 Å². The number of pyridine rings is 1. The molecule has 0 aliphatic heterocycles. The number of aromatic nitrogens is 2. The number of hydrogen-bond acceptors (Lipinski definition) is 5. The number of benzene rings is 1. The molecule has 0 aliphatic carbocycles. The van der Waals surface area contributed by atoms with Crippen molar-refractivity contribution in [2.45, 2.75) is 13.8 Å². The molecule has 4 nitrogen and oxygen atoms in total. The van der Waals surface area contributed by atoms with Crippen molar-refractivity contribution in [3.63, 3.8) is 0 Å². The summed E-state index contributed by atoms with van der Waals surface area (Å²) in [5, 5.41) is 8.94. The van der Waals surface area contributed by atoms with E-state index in [4.69, 9.17) is 10.1 Å². The highest BCUT2D eigenvalue weighted by molar-refractivity contribution is 7.14. The van der Waals surface area contributed by atoms with Crippen LogP contribution >= 0.6 is 22.7 Å². The van der Waals surface area contributed by atoms with Crippen LogP contribution in [0.5, 0.6) is 0 Å². The second-order valence-electron chi connectivity index (χ2n) is 6.12. The average Bonchev–Trinajstić information content (AvgIpc) is 3.32. The van der Waals surface area contributed by atoms with E-state index in [9.17, 15) is 0 Å². The summed E-state index contributed by atoms with van der Waals surface area (Å²) in [6.45, 7) is 4.20. The number of nitrogens with zero attached hydrogens (tertiary/aromatic N) is 4. The predicted molar refractivity (Wildman–Crippen MR) is 114 cm³/mol. The molecule has 0 unspecified atom stereocenters. The summed E-state index contributed by atoms with van der Waals surface area (Å²) in [5.74, 6) is 0. The minimum atomic E-state index is 0.812. The van der Waals surface area contributed by atoms with Gasteiger partial charge in [0.05, 0.1) is 28.7 Å². The fraction of sp³-hybridized carbons (Fsp3) is 0.0952. The van der Waals surface area contributed by atoms with E-state index >= 15 is 0 Å². The van der Waals surface area contributed by atoms with Crippen LogP contribution in [0.2, 0.25) is 0 Å². The van der Waals surface area contributed by atoms with Gasteiger partial charge < -0.3 is 0 Å². The van der Waals surface area contributed by atoms with E-state index in [0.29, 0.717) is 0 Å². The second-order valence-corrected chi connectivity index (χ2v) is 7.90. The Labute approximate surface area is 165 Å². The first-order chi connectivity index (χ1) is 13.2. The number of hydrogen-bond donors (Lipinski definition) is 0. The molecule has 3 heterocycles. The van der Waals surface area contributed by atoms with E-state index in [0.717, 1.165) is 26.6 Å². The zero-order chi connectivity index (χ0) is 18.6. The molecule has 3 aromatic heterocycles. The molecule has 0 bridgehead atoms. The molecule has 0 spiro atoms. The molecule has 27 heavy (non-hydrogen) atoms. The van der Waals surface area contributed by atoms with Crippen molar-refractivity contribution in [3.05, 3.63) is 87.1 Å². The van der Waals surface area contributed by atoms with Gasteiger partial charge in [-0.3, -0.25) is 4.98 Å². The lowest BCUT2D eigenvalue weighted by atomic mass is 10.1. The van der Waals surface area contributed by atoms with Gasteiger partial charge in [-0.1, -0.05) is 29.8 Å². The first kappa shape index (κ1) is 17.6. The molecule has 0 N–H and O–H groups in total. The molecule has 0 amide bonds. The van der Waals surface area contributed by atoms with Gasteiger partial charge in [-0.05, 0) is 48.6 Å². The number of thiazole rings is 1. The van der Waals surface area contributed by atoms with E-state index < -0.39 is 0 Å². The van der Waals surface area contributed by atoms with Gasteiger partial charge in [-0.25, -0.2) is 9.67 Å². The van der Waals surface area contributed by atoms with Gasteiger partial charge in [-0.2, -0.15) is 5.10 Å². The summed E-state index contributed by atoms with van der Waals surface area (Å²) in [4.78, 5) is 10.9. The highest BCUT2D eigenvalue weighted by atomic mass is 32.1. The molecule has 1 aromatic carbocycles. The van der Waals surface area contributed by atoms with Crippen molar-refractivity contribution < 1.29 is 0 Å². The first-order valence-corrected chi connectivity index (χ1v) is 10.3. The highest BCUT2D eigenvalue weighted by Crippen LogP contribution is 2.25. The standard InChI is InChI=1S/C21H18N4S2/c1-15-7-8-17(16(2)11-15)12-23-25-19(20-6-4-10-26-20)14-27-21(25)24-18-5-3-9-22-13-18/h3-14H,1-2H3. The fourth-order valence-corrected chi connectivity index (χ4v) is 4.35. The maximum absolute atomic E-state index is 4.77. The molecule has 134 valence electrons. The molecular formula is C21H18N4S2. The summed E-state index contributed by atoms with van der Waals surface area (Å²) in [6, 6.07) is 14.3. The van der Waals surface area contributed by atoms with E-state index in [2.05, 4.69) is 53.9 Å². The molecule has 0 fully saturated rings. The Bertz CT molecular complexity index is 1140. The lowest BCUT2D eigenvalue weighted by Crippen LogP contribution is -2.11. The maximum Gasteiger partial charge on any atom is 0.211 e. The van der Waals surface area contributed by atoms with Crippen molar-refractivity contribution in [2.75, 3.05) is 0 Å². The fourth-order valence-electron chi connectivity index (χ4n) is 2.70. The average molecular weight is 391 g/mol. The smallest absolute Gasteiger partial charge is 0.211 e. The van der Waals surface area contributed by atoms with Gasteiger partial charge in [0, 0.05) is 11.6 Å². The van der Waals surface area contributed by atoms with Crippen molar-refractivity contribution in [1.29, 1.82) is 0 Å². The van der Waals surface area contributed by atoms with Crippen LogP contribution in [-0.2, 0) is 0 Å². The molecule has 4 rings (SSSR count). The second kappa shape index (κ2) is 7.82. The quantitative estimate of drug-likeness (QED) is 0.430. The zero-order valence-electron chi connectivity index (χ0n) is 15.0. The van der Waals surface area contributed by atoms with Crippen LogP contribution in [-0.4, -0.2) is 15.9 Å². The van der Waals surface area contributed by atoms with Gasteiger partial charge in [0.1, 0.15) is 0 Å². The highest BCUT2D eigenvalue weighted by Gasteiger charge is 2.08. The Morgan fingerprint density at radius 2 is 2.00 bits per heavy atom. The SMILES string of the molecule is Cc1ccc(C=Nn2c(-c3cccs3)csc2=Nc2cccnc2)c(C)c1. The van der Waals surface area contributed by atoms with E-state index in [1.165, 1.54) is 11.1 Å². The van der Waals surface area contributed by atoms with Gasteiger partial charge in [0.25, 0.3) is 0 Å². The van der Waals surface area contributed by atoms with Gasteiger partial charge in [0.15, 0.2) is 0 Å². The topological polar surface area (TPSA) is 42.5 Å². The Balaban J connectivity index is 1.83. The van der Waals surface area contributed by atoms with E-state index in [1.807, 2.05) is 29.1 Å². The largest absolute Gasteiger partial charge is 0.262 e. The molecule has 0 saturated carbocycles. The summed E-state index contributed by atoms with van der Waals surface area (Å²) in [5.41, 5.74) is 5.41. The van der Waals surface area contributed by atoms with E-state index in [-0.39, 0.29) is 0 Å². The van der Waals surface area contributed by atoms with Crippen molar-refractivity contribution in [1.82, 2.24) is 9.66 Å². The first-order valence-electron chi connectivity index (χ1n) is 8.51. The third kappa shape index (κ3) is 3.97. The summed E-state index contributed by atoms with van der Waals surface area (Å²) < 4.78 is 1.91. The normalized spacial score (nSPS) is 12.1. The monoisotopic (exact) mass is 390 g/mol. The maximum atomic E-state index is 4.77. The predicted octanol–water partition coefficient (Wildman–Crippen LogP) is 5.40. The van der Waals surface area contributed by atoms with Crippen LogP contribution in [0, 0.1) is 13.8 Å². The van der Waals surface area contributed by atoms with Crippen molar-refractivity contribution >= 4 is 34.6 Å². The minimum Gasteiger partial charge on any atom is -0.262 e. The van der Waals surface area contributed by atoms with Crippen LogP contribution in [0.3, 0.4) is 0 Å². The summed E-state index contributed by atoms with van der Waals surface area (Å²) in [6.07, 6.45) is 5.40. The van der Waals surface area contributed by atoms with Gasteiger partial charge in [0.2, 0.25) is 4.80 Å². The molecule has 4 aromatic rings. The van der Waals surface area contributed by atoms with E-state index in [1.54, 1.807) is 35.1 Å². The van der Waals surface area contributed by atoms with Crippen LogP contribution in [0.25, 0.3) is 10.6 Å². The molecule has 0 saturated heterocycles. The Morgan fingerprint density at radius 3 is 2.74 bits per heavy atom. The summed E-state index contributed by atoms with van der Waals surface area (Å²) in [7, 11) is 0. The van der Waals surface area contributed by atoms with Crippen LogP contribution in [0.15, 0.2) is 75.7 Å². The minimum absolute atomic E-state index is 0.812. The van der Waals surface area contributed by atoms with Gasteiger partial charge in [-0.15, -0.1) is 22.7 Å². The zero-order valence-corrected chi connectivity index (χ0v) is 16.7. The Kier molecular flexibility index (Phi) is 5.09. The molecule has 6 heteroatoms. The molecule has 0 radical (unpaired) electrons. The number of aryl methyl sites for hydroxylation is 2. The third-order valence-electron chi connectivity index (χ3n) is 4.07. The van der Waals surface area contributed by atoms with Crippen LogP contribution in [0.1, 0.15) is 16.7 Å². The van der Waals surface area contributed by atoms with Crippen molar-refractivity contribution in [2.24, 2.45) is 10.1 Å². The molecular weight excluding hydrogens is 372 g/mol. The summed E-state index contributed by atoms with van der Waals surface area (Å²) >= 11 is 3.27. The molecule has 0 atom stereocenters. The Morgan fingerprint density at radius 1 is 1.07 bits per heavy atom. The lowest BCUT2D eigenvalue weighted by Gasteiger charge is -2.03. The molecule has 0 aliphatic rings. The van der Waals surface area contributed by atoms with Gasteiger partial charge >= 0.3 is 0 Å². The lowest BCUT2D eigenvalue weighted by molar-refractivity contribution is 0.856. The third-order valence-corrected chi connectivity index (χ3v) is 5.78.